The van der Waals surface area contributed by atoms with Gasteiger partial charge in [0.25, 0.3) is 0 Å². The molecule has 1 spiro atoms. The average Bonchev–Trinajstić information content (AvgIpc) is 3.63. The number of benzene rings is 1. The van der Waals surface area contributed by atoms with E-state index in [0.29, 0.717) is 36.9 Å². The van der Waals surface area contributed by atoms with E-state index >= 15 is 0 Å². The van der Waals surface area contributed by atoms with Crippen molar-refractivity contribution in [2.45, 2.75) is 68.0 Å². The molecule has 0 radical (unpaired) electrons. The van der Waals surface area contributed by atoms with E-state index in [9.17, 15) is 8.42 Å². The van der Waals surface area contributed by atoms with Crippen LogP contribution in [0.3, 0.4) is 0 Å². The summed E-state index contributed by atoms with van der Waals surface area (Å²) in [6, 6.07) is 9.43. The normalized spacial score (nSPS) is 27.7. The Hall–Kier alpha value is -3.22. The van der Waals surface area contributed by atoms with Gasteiger partial charge in [0.2, 0.25) is 21.8 Å². The Balaban J connectivity index is 0.00000165. The maximum absolute atomic E-state index is 12.7. The second-order valence-electron chi connectivity index (χ2n) is 12.0. The summed E-state index contributed by atoms with van der Waals surface area (Å²) in [5.41, 5.74) is 2.80. The van der Waals surface area contributed by atoms with Gasteiger partial charge in [0.1, 0.15) is 5.82 Å². The number of sulfonamides is 1. The maximum atomic E-state index is 12.7. The fourth-order valence-corrected chi connectivity index (χ4v) is 8.14. The van der Waals surface area contributed by atoms with Crippen LogP contribution < -0.4 is 14.5 Å². The topological polar surface area (TPSA) is 123 Å². The molecule has 2 atom stereocenters. The third-order valence-corrected chi connectivity index (χ3v) is 11.0. The highest BCUT2D eigenvalue weighted by atomic mass is 32.2. The van der Waals surface area contributed by atoms with Gasteiger partial charge in [0.15, 0.2) is 0 Å². The number of ether oxygens (including phenoxy) is 2. The predicted octanol–water partition coefficient (Wildman–Crippen LogP) is 4.32. The molecule has 1 N–H and O–H groups in total. The van der Waals surface area contributed by atoms with Gasteiger partial charge in [0.05, 0.1) is 46.6 Å². The van der Waals surface area contributed by atoms with Crippen LogP contribution in [0.2, 0.25) is 0 Å². The number of aromatic nitrogens is 3. The summed E-state index contributed by atoms with van der Waals surface area (Å²) < 4.78 is 47.6. The first kappa shape index (κ1) is 25.5. The monoisotopic (exact) mass is 582 g/mol. The van der Waals surface area contributed by atoms with Crippen molar-refractivity contribution in [2.24, 2.45) is 0 Å². The quantitative estimate of drug-likeness (QED) is 0.478. The zero-order valence-corrected chi connectivity index (χ0v) is 23.7. The average molecular weight is 583 g/mol. The fourth-order valence-electron chi connectivity index (χ4n) is 6.76. The van der Waals surface area contributed by atoms with Crippen molar-refractivity contribution in [1.82, 2.24) is 15.2 Å². The zero-order valence-electron chi connectivity index (χ0n) is 22.9. The minimum Gasteiger partial charge on any atom is -0.416 e. The molecule has 1 aromatic carbocycles. The Morgan fingerprint density at radius 2 is 1.83 bits per heavy atom. The minimum absolute atomic E-state index is 0. The fraction of sp³-hybridized carbons (Fsp3) is 0.552. The Morgan fingerprint density at radius 3 is 2.68 bits per heavy atom. The lowest BCUT2D eigenvalue weighted by Gasteiger charge is -2.40. The molecular formula is C29H38N6O5S. The van der Waals surface area contributed by atoms with Crippen LogP contribution >= 0.6 is 0 Å². The Morgan fingerprint density at radius 1 is 0.976 bits per heavy atom. The van der Waals surface area contributed by atoms with Crippen LogP contribution in [0.25, 0.3) is 22.9 Å². The van der Waals surface area contributed by atoms with E-state index in [0.717, 1.165) is 80.9 Å². The summed E-state index contributed by atoms with van der Waals surface area (Å²) in [5, 5.41) is 8.52. The van der Waals surface area contributed by atoms with Crippen molar-refractivity contribution in [3.63, 3.8) is 0 Å². The molecule has 11 nitrogen and oxygen atoms in total. The summed E-state index contributed by atoms with van der Waals surface area (Å²) in [7, 11) is -3.40. The van der Waals surface area contributed by atoms with Gasteiger partial charge in [-0.25, -0.2) is 13.4 Å². The Labute approximate surface area is 242 Å². The minimum atomic E-state index is -3.40. The van der Waals surface area contributed by atoms with Crippen LogP contribution in [0.1, 0.15) is 47.8 Å². The first-order valence-electron chi connectivity index (χ1n) is 14.7. The zero-order chi connectivity index (χ0) is 27.6. The number of nitrogens with one attached hydrogen (secondary N) is 1. The Kier molecular flexibility index (Phi) is 6.01. The van der Waals surface area contributed by atoms with Crippen LogP contribution in [0.4, 0.5) is 17.2 Å². The molecule has 3 aromatic rings. The molecule has 3 saturated heterocycles. The largest absolute Gasteiger partial charge is 0.416 e. The highest BCUT2D eigenvalue weighted by Crippen LogP contribution is 2.42. The molecule has 7 heterocycles. The summed E-state index contributed by atoms with van der Waals surface area (Å²) in [4.78, 5) is 9.21. The van der Waals surface area contributed by atoms with E-state index in [-0.39, 0.29) is 25.9 Å². The standard InChI is InChI=1S/C29H34N6O5S.2H2/c36-41(37,23-4-5-23)33-20-3-6-24-25(15-20)34-12-8-29(9-13-34)16-22(18-38-29)39-21-2-1-11-35(17-21)26-14-19(7-10-30-26)27-31-32-28(24)40-27;;/h3,6-7,10,14-15,21-23,33H,1-2,4-5,8-9,11-13,16-18H2;2*1H/t21-,22?;;/m1../s1. The molecule has 41 heavy (non-hydrogen) atoms. The van der Waals surface area contributed by atoms with Gasteiger partial charge in [0, 0.05) is 47.2 Å². The van der Waals surface area contributed by atoms with Gasteiger partial charge in [-0.15, -0.1) is 10.2 Å². The maximum Gasteiger partial charge on any atom is 0.250 e. The number of hydrogen-bond acceptors (Lipinski definition) is 10. The van der Waals surface area contributed by atoms with Crippen LogP contribution in [0.5, 0.6) is 0 Å². The Bertz CT molecular complexity index is 1580. The van der Waals surface area contributed by atoms with Gasteiger partial charge in [-0.3, -0.25) is 4.72 Å². The molecule has 1 aliphatic carbocycles. The highest BCUT2D eigenvalue weighted by molar-refractivity contribution is 7.93. The first-order chi connectivity index (χ1) is 19.9. The first-order valence-corrected chi connectivity index (χ1v) is 16.2. The smallest absolute Gasteiger partial charge is 0.250 e. The number of fused-ring (bicyclic) bond motifs is 2. The number of rotatable bonds is 3. The van der Waals surface area contributed by atoms with E-state index in [1.165, 1.54) is 0 Å². The molecular weight excluding hydrogens is 544 g/mol. The van der Waals surface area contributed by atoms with Crippen molar-refractivity contribution < 1.29 is 25.2 Å². The molecule has 9 rings (SSSR count). The summed E-state index contributed by atoms with van der Waals surface area (Å²) in [5.74, 6) is 1.69. The van der Waals surface area contributed by atoms with Crippen molar-refractivity contribution in [2.75, 3.05) is 47.3 Å². The number of pyridine rings is 1. The van der Waals surface area contributed by atoms with E-state index < -0.39 is 10.0 Å². The lowest BCUT2D eigenvalue weighted by molar-refractivity contribution is -0.0328. The van der Waals surface area contributed by atoms with Gasteiger partial charge in [-0.2, -0.15) is 0 Å². The molecule has 12 heteroatoms. The van der Waals surface area contributed by atoms with Gasteiger partial charge < -0.3 is 23.7 Å². The van der Waals surface area contributed by atoms with E-state index in [1.54, 1.807) is 12.3 Å². The number of piperidine rings is 2. The molecule has 6 aliphatic rings. The summed E-state index contributed by atoms with van der Waals surface area (Å²) >= 11 is 0. The van der Waals surface area contributed by atoms with Crippen molar-refractivity contribution in [1.29, 1.82) is 0 Å². The molecule has 2 aromatic heterocycles. The van der Waals surface area contributed by atoms with Crippen molar-refractivity contribution in [3.8, 4) is 22.9 Å². The van der Waals surface area contributed by atoms with Gasteiger partial charge in [-0.05, 0) is 68.9 Å². The predicted molar refractivity (Wildman–Crippen MR) is 158 cm³/mol. The third kappa shape index (κ3) is 4.85. The highest BCUT2D eigenvalue weighted by Gasteiger charge is 2.44. The van der Waals surface area contributed by atoms with Crippen molar-refractivity contribution >= 4 is 27.2 Å². The molecule has 220 valence electrons. The second kappa shape index (κ2) is 9.67. The number of hydrogen-bond donors (Lipinski definition) is 1. The van der Waals surface area contributed by atoms with Gasteiger partial charge >= 0.3 is 0 Å². The lowest BCUT2D eigenvalue weighted by Crippen LogP contribution is -2.45. The molecule has 1 saturated carbocycles. The molecule has 4 fully saturated rings. The van der Waals surface area contributed by atoms with Crippen molar-refractivity contribution in [3.05, 3.63) is 36.5 Å². The number of nitrogens with zero attached hydrogens (tertiary/aromatic N) is 5. The molecule has 9 bridgehead atoms. The van der Waals surface area contributed by atoms with E-state index in [4.69, 9.17) is 13.9 Å². The second-order valence-corrected chi connectivity index (χ2v) is 14.0. The van der Waals surface area contributed by atoms with E-state index in [1.807, 2.05) is 24.3 Å². The van der Waals surface area contributed by atoms with Crippen LogP contribution in [0.15, 0.2) is 40.9 Å². The molecule has 5 aliphatic heterocycles. The van der Waals surface area contributed by atoms with Crippen LogP contribution in [-0.2, 0) is 19.5 Å². The summed E-state index contributed by atoms with van der Waals surface area (Å²) in [6.07, 6.45) is 8.13. The third-order valence-electron chi connectivity index (χ3n) is 9.15. The SMILES string of the molecule is O=S(=O)(Nc1ccc2c(c1)N1CCC3(CC1)CC(CO3)O[C@@H]1CCCN(C1)c1cc(ccn1)-c1nnc-2o1)C1CC1.[HH].[HH]. The van der Waals surface area contributed by atoms with Gasteiger partial charge in [-0.1, -0.05) is 0 Å². The lowest BCUT2D eigenvalue weighted by atomic mass is 9.87. The summed E-state index contributed by atoms with van der Waals surface area (Å²) in [6.45, 7) is 3.88. The van der Waals surface area contributed by atoms with E-state index in [2.05, 4.69) is 29.7 Å². The molecule has 0 amide bonds. The molecule has 1 unspecified atom stereocenters. The van der Waals surface area contributed by atoms with Crippen LogP contribution in [0, 0.1) is 0 Å². The number of anilines is 3. The van der Waals surface area contributed by atoms with Crippen LogP contribution in [-0.4, -0.2) is 79.4 Å².